The van der Waals surface area contributed by atoms with Crippen molar-refractivity contribution in [1.29, 1.82) is 0 Å². The maximum Gasteiger partial charge on any atom is 0.120 e. The molecule has 0 aliphatic heterocycles. The molecular formula is C13H19NO3. The van der Waals surface area contributed by atoms with Crippen molar-refractivity contribution in [3.8, 4) is 5.75 Å². The van der Waals surface area contributed by atoms with Gasteiger partial charge < -0.3 is 20.3 Å². The molecule has 0 saturated carbocycles. The van der Waals surface area contributed by atoms with E-state index in [0.29, 0.717) is 19.7 Å². The van der Waals surface area contributed by atoms with Crippen LogP contribution in [0.1, 0.15) is 5.56 Å². The van der Waals surface area contributed by atoms with Gasteiger partial charge in [-0.05, 0) is 17.7 Å². The van der Waals surface area contributed by atoms with Crippen molar-refractivity contribution in [2.24, 2.45) is 0 Å². The third kappa shape index (κ3) is 5.49. The van der Waals surface area contributed by atoms with E-state index in [-0.39, 0.29) is 6.61 Å². The molecule has 0 aliphatic carbocycles. The van der Waals surface area contributed by atoms with Gasteiger partial charge in [-0.15, -0.1) is 0 Å². The summed E-state index contributed by atoms with van der Waals surface area (Å²) in [5.41, 5.74) is 1.07. The van der Waals surface area contributed by atoms with Crippen molar-refractivity contribution in [1.82, 2.24) is 5.32 Å². The molecule has 1 rings (SSSR count). The average Bonchev–Trinajstić information content (AvgIpc) is 2.36. The number of nitrogens with one attached hydrogen (secondary N) is 1. The Morgan fingerprint density at radius 1 is 1.47 bits per heavy atom. The molecule has 0 heterocycles. The van der Waals surface area contributed by atoms with E-state index in [2.05, 4.69) is 11.9 Å². The lowest BCUT2D eigenvalue weighted by molar-refractivity contribution is 0.0942. The van der Waals surface area contributed by atoms with Crippen molar-refractivity contribution in [2.75, 3.05) is 19.8 Å². The molecule has 4 nitrogen and oxygen atoms in total. The Kier molecular flexibility index (Phi) is 6.32. The normalized spacial score (nSPS) is 12.1. The molecule has 1 unspecified atom stereocenters. The Balaban J connectivity index is 2.39. The first kappa shape index (κ1) is 13.7. The molecule has 1 atom stereocenters. The van der Waals surface area contributed by atoms with Gasteiger partial charge in [-0.1, -0.05) is 24.8 Å². The Morgan fingerprint density at radius 2 is 2.29 bits per heavy atom. The van der Waals surface area contributed by atoms with Gasteiger partial charge in [0.05, 0.1) is 12.7 Å². The van der Waals surface area contributed by atoms with Gasteiger partial charge in [0.2, 0.25) is 0 Å². The Hall–Kier alpha value is -1.36. The molecule has 0 aromatic heterocycles. The monoisotopic (exact) mass is 237 g/mol. The fourth-order valence-electron chi connectivity index (χ4n) is 1.35. The molecule has 1 aromatic rings. The lowest BCUT2D eigenvalue weighted by Gasteiger charge is -2.10. The topological polar surface area (TPSA) is 61.7 Å². The van der Waals surface area contributed by atoms with Crippen LogP contribution >= 0.6 is 0 Å². The highest BCUT2D eigenvalue weighted by molar-refractivity contribution is 5.28. The third-order valence-electron chi connectivity index (χ3n) is 2.19. The third-order valence-corrected chi connectivity index (χ3v) is 2.19. The lowest BCUT2D eigenvalue weighted by Crippen LogP contribution is -2.28. The van der Waals surface area contributed by atoms with Crippen LogP contribution in [0.3, 0.4) is 0 Å². The maximum atomic E-state index is 9.16. The highest BCUT2D eigenvalue weighted by Crippen LogP contribution is 2.13. The number of aliphatic hydroxyl groups is 2. The van der Waals surface area contributed by atoms with Gasteiger partial charge >= 0.3 is 0 Å². The molecule has 3 N–H and O–H groups in total. The minimum absolute atomic E-state index is 0.227. The molecule has 0 saturated heterocycles. The first-order valence-corrected chi connectivity index (χ1v) is 5.58. The summed E-state index contributed by atoms with van der Waals surface area (Å²) in [5, 5.41) is 20.9. The molecular weight excluding hydrogens is 218 g/mol. The van der Waals surface area contributed by atoms with Crippen molar-refractivity contribution < 1.29 is 14.9 Å². The number of ether oxygens (including phenoxy) is 1. The van der Waals surface area contributed by atoms with E-state index in [1.807, 2.05) is 24.3 Å². The molecule has 0 spiro atoms. The second-order valence-corrected chi connectivity index (χ2v) is 3.71. The number of hydrogen-bond donors (Lipinski definition) is 3. The van der Waals surface area contributed by atoms with Gasteiger partial charge in [0.1, 0.15) is 12.4 Å². The SMILES string of the molecule is C=CCOc1cccc(CNCC(O)CO)c1. The van der Waals surface area contributed by atoms with Gasteiger partial charge in [0.15, 0.2) is 0 Å². The van der Waals surface area contributed by atoms with E-state index in [0.717, 1.165) is 11.3 Å². The van der Waals surface area contributed by atoms with E-state index in [4.69, 9.17) is 14.9 Å². The molecule has 1 aromatic carbocycles. The van der Waals surface area contributed by atoms with Gasteiger partial charge in [-0.2, -0.15) is 0 Å². The maximum absolute atomic E-state index is 9.16. The van der Waals surface area contributed by atoms with Crippen LogP contribution in [0.4, 0.5) is 0 Å². The highest BCUT2D eigenvalue weighted by Gasteiger charge is 2.01. The van der Waals surface area contributed by atoms with E-state index >= 15 is 0 Å². The Labute approximate surface area is 102 Å². The summed E-state index contributed by atoms with van der Waals surface area (Å²) in [5.74, 6) is 0.798. The van der Waals surface area contributed by atoms with Crippen molar-refractivity contribution >= 4 is 0 Å². The van der Waals surface area contributed by atoms with Gasteiger partial charge in [-0.25, -0.2) is 0 Å². The largest absolute Gasteiger partial charge is 0.490 e. The van der Waals surface area contributed by atoms with E-state index < -0.39 is 6.10 Å². The second kappa shape index (κ2) is 7.84. The lowest BCUT2D eigenvalue weighted by atomic mass is 10.2. The summed E-state index contributed by atoms with van der Waals surface area (Å²) < 4.78 is 5.41. The molecule has 17 heavy (non-hydrogen) atoms. The molecule has 0 aliphatic rings. The van der Waals surface area contributed by atoms with Gasteiger partial charge in [0, 0.05) is 13.1 Å². The summed E-state index contributed by atoms with van der Waals surface area (Å²) in [4.78, 5) is 0. The minimum Gasteiger partial charge on any atom is -0.490 e. The summed E-state index contributed by atoms with van der Waals surface area (Å²) >= 11 is 0. The van der Waals surface area contributed by atoms with Crippen molar-refractivity contribution in [3.05, 3.63) is 42.5 Å². The number of aliphatic hydroxyl groups excluding tert-OH is 2. The quantitative estimate of drug-likeness (QED) is 0.582. The zero-order valence-electron chi connectivity index (χ0n) is 9.80. The van der Waals surface area contributed by atoms with Crippen LogP contribution in [0.5, 0.6) is 5.75 Å². The predicted molar refractivity (Wildman–Crippen MR) is 66.9 cm³/mol. The minimum atomic E-state index is -0.713. The predicted octanol–water partition coefficient (Wildman–Crippen LogP) is 0.694. The fraction of sp³-hybridized carbons (Fsp3) is 0.385. The average molecular weight is 237 g/mol. The molecule has 0 bridgehead atoms. The smallest absolute Gasteiger partial charge is 0.120 e. The summed E-state index contributed by atoms with van der Waals surface area (Å²) in [6.07, 6.45) is 0.984. The zero-order valence-corrected chi connectivity index (χ0v) is 9.80. The van der Waals surface area contributed by atoms with Crippen LogP contribution in [0.15, 0.2) is 36.9 Å². The van der Waals surface area contributed by atoms with Crippen LogP contribution in [0.25, 0.3) is 0 Å². The second-order valence-electron chi connectivity index (χ2n) is 3.71. The summed E-state index contributed by atoms with van der Waals surface area (Å²) in [7, 11) is 0. The zero-order chi connectivity index (χ0) is 12.5. The number of benzene rings is 1. The van der Waals surface area contributed by atoms with Crippen molar-refractivity contribution in [2.45, 2.75) is 12.6 Å². The van der Waals surface area contributed by atoms with Crippen LogP contribution in [0.2, 0.25) is 0 Å². The molecule has 0 fully saturated rings. The first-order valence-electron chi connectivity index (χ1n) is 5.58. The fourth-order valence-corrected chi connectivity index (χ4v) is 1.35. The Bertz CT molecular complexity index is 341. The Morgan fingerprint density at radius 3 is 3.00 bits per heavy atom. The summed E-state index contributed by atoms with van der Waals surface area (Å²) in [6.45, 7) is 4.84. The van der Waals surface area contributed by atoms with Crippen molar-refractivity contribution in [3.63, 3.8) is 0 Å². The standard InChI is InChI=1S/C13H19NO3/c1-2-6-17-13-5-3-4-11(7-13)8-14-9-12(16)10-15/h2-5,7,12,14-16H,1,6,8-10H2. The van der Waals surface area contributed by atoms with Gasteiger partial charge in [0.25, 0.3) is 0 Å². The number of rotatable bonds is 8. The van der Waals surface area contributed by atoms with Crippen LogP contribution in [0, 0.1) is 0 Å². The molecule has 4 heteroatoms. The van der Waals surface area contributed by atoms with Crippen LogP contribution in [-0.4, -0.2) is 36.1 Å². The first-order chi connectivity index (χ1) is 8.26. The van der Waals surface area contributed by atoms with E-state index in [1.54, 1.807) is 6.08 Å². The molecule has 0 radical (unpaired) electrons. The summed E-state index contributed by atoms with van der Waals surface area (Å²) in [6, 6.07) is 7.70. The van der Waals surface area contributed by atoms with Gasteiger partial charge in [-0.3, -0.25) is 0 Å². The van der Waals surface area contributed by atoms with E-state index in [9.17, 15) is 0 Å². The van der Waals surface area contributed by atoms with E-state index in [1.165, 1.54) is 0 Å². The van der Waals surface area contributed by atoms with Crippen LogP contribution in [-0.2, 0) is 6.54 Å². The molecule has 94 valence electrons. The van der Waals surface area contributed by atoms with Crippen LogP contribution < -0.4 is 10.1 Å². The highest BCUT2D eigenvalue weighted by atomic mass is 16.5. The number of hydrogen-bond acceptors (Lipinski definition) is 4. The molecule has 0 amide bonds.